The normalized spacial score (nSPS) is 13.2. The van der Waals surface area contributed by atoms with Crippen LogP contribution in [0, 0.1) is 11.3 Å². The standard InChI is InChI=1S/C15H32N3OP/c1-6-11-17(12-7-2)20(19-14-9-10-16)18(13-8-3)15(4)5/h15H,6-9,11-14H2,1-5H3. The monoisotopic (exact) mass is 301 g/mol. The van der Waals surface area contributed by atoms with Gasteiger partial charge < -0.3 is 4.52 Å². The van der Waals surface area contributed by atoms with Crippen molar-refractivity contribution < 1.29 is 4.52 Å². The summed E-state index contributed by atoms with van der Waals surface area (Å²) in [5.74, 6) is 0. The highest BCUT2D eigenvalue weighted by Crippen LogP contribution is 2.47. The summed E-state index contributed by atoms with van der Waals surface area (Å²) in [6.07, 6.45) is 3.88. The van der Waals surface area contributed by atoms with Crippen molar-refractivity contribution in [3.05, 3.63) is 0 Å². The molecule has 0 rings (SSSR count). The van der Waals surface area contributed by atoms with Crippen molar-refractivity contribution >= 4 is 8.45 Å². The van der Waals surface area contributed by atoms with Gasteiger partial charge in [-0.05, 0) is 33.1 Å². The molecule has 0 aromatic rings. The molecule has 1 unspecified atom stereocenters. The summed E-state index contributed by atoms with van der Waals surface area (Å²) in [6, 6.07) is 2.65. The van der Waals surface area contributed by atoms with E-state index >= 15 is 0 Å². The maximum Gasteiger partial charge on any atom is 0.188 e. The highest BCUT2D eigenvalue weighted by molar-refractivity contribution is 7.47. The van der Waals surface area contributed by atoms with Crippen LogP contribution >= 0.6 is 8.45 Å². The van der Waals surface area contributed by atoms with Gasteiger partial charge in [0.15, 0.2) is 8.45 Å². The first-order chi connectivity index (χ1) is 9.62. The summed E-state index contributed by atoms with van der Waals surface area (Å²) in [7, 11) is -0.741. The highest BCUT2D eigenvalue weighted by Gasteiger charge is 2.27. The molecule has 0 saturated heterocycles. The SMILES string of the molecule is CCCN(CCC)P(OCCC#N)N(CCC)C(C)C. The summed E-state index contributed by atoms with van der Waals surface area (Å²) >= 11 is 0. The van der Waals surface area contributed by atoms with E-state index in [0.717, 1.165) is 38.9 Å². The Morgan fingerprint density at radius 2 is 1.60 bits per heavy atom. The van der Waals surface area contributed by atoms with Crippen LogP contribution < -0.4 is 0 Å². The third-order valence-corrected chi connectivity index (χ3v) is 5.29. The Morgan fingerprint density at radius 1 is 1.05 bits per heavy atom. The minimum Gasteiger partial charge on any atom is -0.330 e. The third-order valence-electron chi connectivity index (χ3n) is 2.89. The fraction of sp³-hybridized carbons (Fsp3) is 0.933. The van der Waals surface area contributed by atoms with Crippen LogP contribution in [0.15, 0.2) is 0 Å². The number of nitrogens with zero attached hydrogens (tertiary/aromatic N) is 3. The number of hydrogen-bond acceptors (Lipinski definition) is 4. The van der Waals surface area contributed by atoms with Crippen LogP contribution in [0.4, 0.5) is 0 Å². The molecule has 5 heteroatoms. The minimum absolute atomic E-state index is 0.472. The van der Waals surface area contributed by atoms with E-state index < -0.39 is 8.45 Å². The zero-order chi connectivity index (χ0) is 15.4. The molecule has 0 aliphatic carbocycles. The second-order valence-electron chi connectivity index (χ2n) is 5.20. The van der Waals surface area contributed by atoms with Crippen molar-refractivity contribution in [3.63, 3.8) is 0 Å². The molecule has 0 aliphatic heterocycles. The zero-order valence-electron chi connectivity index (χ0n) is 13.9. The molecule has 118 valence electrons. The third kappa shape index (κ3) is 7.55. The fourth-order valence-corrected chi connectivity index (χ4v) is 4.46. The molecular weight excluding hydrogens is 269 g/mol. The maximum absolute atomic E-state index is 8.73. The smallest absolute Gasteiger partial charge is 0.188 e. The van der Waals surface area contributed by atoms with Crippen LogP contribution in [0.2, 0.25) is 0 Å². The van der Waals surface area contributed by atoms with Crippen LogP contribution in [-0.4, -0.2) is 41.6 Å². The lowest BCUT2D eigenvalue weighted by molar-refractivity contribution is 0.238. The van der Waals surface area contributed by atoms with Gasteiger partial charge in [-0.15, -0.1) is 0 Å². The van der Waals surface area contributed by atoms with Gasteiger partial charge in [0.05, 0.1) is 19.1 Å². The van der Waals surface area contributed by atoms with Crippen molar-refractivity contribution in [2.45, 2.75) is 66.3 Å². The second kappa shape index (κ2) is 12.5. The van der Waals surface area contributed by atoms with E-state index in [2.05, 4.69) is 50.0 Å². The van der Waals surface area contributed by atoms with E-state index in [4.69, 9.17) is 9.79 Å². The lowest BCUT2D eigenvalue weighted by Crippen LogP contribution is -2.35. The van der Waals surface area contributed by atoms with Crippen molar-refractivity contribution in [3.8, 4) is 6.07 Å². The number of nitriles is 1. The molecule has 0 N–H and O–H groups in total. The first kappa shape index (κ1) is 19.8. The van der Waals surface area contributed by atoms with Gasteiger partial charge in [-0.2, -0.15) is 5.26 Å². The lowest BCUT2D eigenvalue weighted by atomic mass is 10.4. The summed E-state index contributed by atoms with van der Waals surface area (Å²) < 4.78 is 11.1. The Bertz CT molecular complexity index is 262. The molecule has 0 aromatic carbocycles. The van der Waals surface area contributed by atoms with Gasteiger partial charge in [0.25, 0.3) is 0 Å². The summed E-state index contributed by atoms with van der Waals surface area (Å²) in [6.45, 7) is 14.8. The number of hydrogen-bond donors (Lipinski definition) is 0. The number of rotatable bonds is 12. The van der Waals surface area contributed by atoms with Gasteiger partial charge in [-0.3, -0.25) is 0 Å². The van der Waals surface area contributed by atoms with Crippen LogP contribution in [0.1, 0.15) is 60.3 Å². The first-order valence-corrected chi connectivity index (χ1v) is 9.10. The Balaban J connectivity index is 4.92. The molecule has 0 bridgehead atoms. The van der Waals surface area contributed by atoms with E-state index in [0.29, 0.717) is 19.1 Å². The summed E-state index contributed by atoms with van der Waals surface area (Å²) in [5, 5.41) is 8.73. The minimum atomic E-state index is -0.741. The lowest BCUT2D eigenvalue weighted by Gasteiger charge is -2.40. The van der Waals surface area contributed by atoms with Gasteiger partial charge in [0.1, 0.15) is 0 Å². The molecule has 1 atom stereocenters. The van der Waals surface area contributed by atoms with E-state index in [9.17, 15) is 0 Å². The molecule has 4 nitrogen and oxygen atoms in total. The van der Waals surface area contributed by atoms with Gasteiger partial charge in [0, 0.05) is 25.7 Å². The fourth-order valence-electron chi connectivity index (χ4n) is 2.06. The van der Waals surface area contributed by atoms with Crippen molar-refractivity contribution in [2.75, 3.05) is 26.2 Å². The van der Waals surface area contributed by atoms with Crippen LogP contribution in [-0.2, 0) is 4.52 Å². The predicted octanol–water partition coefficient (Wildman–Crippen LogP) is 4.39. The van der Waals surface area contributed by atoms with E-state index in [1.165, 1.54) is 0 Å². The summed E-state index contributed by atoms with van der Waals surface area (Å²) in [5.41, 5.74) is 0. The highest BCUT2D eigenvalue weighted by atomic mass is 31.2. The second-order valence-corrected chi connectivity index (χ2v) is 7.05. The topological polar surface area (TPSA) is 39.5 Å². The Hall–Kier alpha value is -0.200. The van der Waals surface area contributed by atoms with Gasteiger partial charge >= 0.3 is 0 Å². The Morgan fingerprint density at radius 3 is 2.00 bits per heavy atom. The molecule has 20 heavy (non-hydrogen) atoms. The predicted molar refractivity (Wildman–Crippen MR) is 87.4 cm³/mol. The summed E-state index contributed by atoms with van der Waals surface area (Å²) in [4.78, 5) is 0. The molecule has 0 aromatic heterocycles. The van der Waals surface area contributed by atoms with Crippen LogP contribution in [0.25, 0.3) is 0 Å². The van der Waals surface area contributed by atoms with E-state index in [-0.39, 0.29) is 0 Å². The van der Waals surface area contributed by atoms with Gasteiger partial charge in [0.2, 0.25) is 0 Å². The molecule has 0 aliphatic rings. The molecule has 0 amide bonds. The largest absolute Gasteiger partial charge is 0.330 e. The first-order valence-electron chi connectivity index (χ1n) is 7.93. The maximum atomic E-state index is 8.73. The molecule has 0 saturated carbocycles. The molecule has 0 heterocycles. The molecule has 0 fully saturated rings. The molecule has 0 radical (unpaired) electrons. The quantitative estimate of drug-likeness (QED) is 0.396. The van der Waals surface area contributed by atoms with Crippen molar-refractivity contribution in [1.29, 1.82) is 5.26 Å². The molecule has 0 spiro atoms. The van der Waals surface area contributed by atoms with E-state index in [1.54, 1.807) is 0 Å². The van der Waals surface area contributed by atoms with Crippen LogP contribution in [0.5, 0.6) is 0 Å². The van der Waals surface area contributed by atoms with Crippen molar-refractivity contribution in [1.82, 2.24) is 9.34 Å². The Kier molecular flexibility index (Phi) is 12.4. The van der Waals surface area contributed by atoms with Gasteiger partial charge in [-0.1, -0.05) is 20.8 Å². The van der Waals surface area contributed by atoms with E-state index in [1.807, 2.05) is 0 Å². The Labute approximate surface area is 127 Å². The van der Waals surface area contributed by atoms with Crippen LogP contribution in [0.3, 0.4) is 0 Å². The van der Waals surface area contributed by atoms with Crippen molar-refractivity contribution in [2.24, 2.45) is 0 Å². The average Bonchev–Trinajstić information content (AvgIpc) is 2.41. The van der Waals surface area contributed by atoms with Gasteiger partial charge in [-0.25, -0.2) is 9.34 Å². The average molecular weight is 301 g/mol. The zero-order valence-corrected chi connectivity index (χ0v) is 14.8. The molecular formula is C15H32N3OP.